The summed E-state index contributed by atoms with van der Waals surface area (Å²) in [5.74, 6) is 1.10. The molecule has 6 rings (SSSR count). The number of fused-ring (bicyclic) bond motifs is 2. The monoisotopic (exact) mass is 599 g/mol. The molecule has 0 atom stereocenters. The molecule has 0 radical (unpaired) electrons. The average Bonchev–Trinajstić information content (AvgIpc) is 3.68. The van der Waals surface area contributed by atoms with E-state index in [4.69, 9.17) is 23.4 Å². The number of methoxy groups -OCH3 is 2. The Morgan fingerprint density at radius 2 is 1.79 bits per heavy atom. The van der Waals surface area contributed by atoms with Gasteiger partial charge in [-0.1, -0.05) is 12.1 Å². The van der Waals surface area contributed by atoms with Crippen LogP contribution in [0.15, 0.2) is 71.3 Å². The number of aromatic nitrogens is 3. The predicted octanol–water partition coefficient (Wildman–Crippen LogP) is 7.54. The van der Waals surface area contributed by atoms with Crippen molar-refractivity contribution in [2.24, 2.45) is 0 Å². The van der Waals surface area contributed by atoms with E-state index < -0.39 is 17.6 Å². The summed E-state index contributed by atoms with van der Waals surface area (Å²) in [5.41, 5.74) is 0.682. The number of hydrogen-bond donors (Lipinski definition) is 0. The number of ether oxygens (including phenoxy) is 4. The lowest BCUT2D eigenvalue weighted by Crippen LogP contribution is -2.08. The van der Waals surface area contributed by atoms with Gasteiger partial charge >= 0.3 is 6.18 Å². The highest BCUT2D eigenvalue weighted by Crippen LogP contribution is 2.38. The summed E-state index contributed by atoms with van der Waals surface area (Å²) < 4.78 is 83.2. The fraction of sp³-hybridized carbons (Fsp3) is 0.172. The van der Waals surface area contributed by atoms with Crippen LogP contribution in [0.3, 0.4) is 0 Å². The maximum absolute atomic E-state index is 14.1. The lowest BCUT2D eigenvalue weighted by Gasteiger charge is -2.12. The molecular weight excluding hydrogens is 578 g/mol. The van der Waals surface area contributed by atoms with E-state index in [1.807, 2.05) is 6.07 Å². The molecule has 13 heteroatoms. The van der Waals surface area contributed by atoms with Gasteiger partial charge in [0.25, 0.3) is 5.19 Å². The highest BCUT2D eigenvalue weighted by Gasteiger charge is 2.31. The first-order chi connectivity index (χ1) is 20.2. The number of rotatable bonds is 9. The topological polar surface area (TPSA) is 80.2 Å². The van der Waals surface area contributed by atoms with Crippen LogP contribution in [-0.2, 0) is 19.4 Å². The lowest BCUT2D eigenvalue weighted by molar-refractivity contribution is -0.137. The SMILES string of the molecule is COc1cc(OCc2cccc(OCc3cc(C(F)(F)F)ccc3F)c2)c2cc(-c3cn4nc(OC)sc4n3)oc2c1. The van der Waals surface area contributed by atoms with Crippen molar-refractivity contribution in [1.82, 2.24) is 14.6 Å². The minimum Gasteiger partial charge on any atom is -0.496 e. The van der Waals surface area contributed by atoms with Gasteiger partial charge in [-0.3, -0.25) is 0 Å². The number of halogens is 4. The van der Waals surface area contributed by atoms with Crippen molar-refractivity contribution in [1.29, 1.82) is 0 Å². The van der Waals surface area contributed by atoms with Crippen LogP contribution in [0.2, 0.25) is 0 Å². The minimum absolute atomic E-state index is 0.127. The van der Waals surface area contributed by atoms with Crippen molar-refractivity contribution in [3.63, 3.8) is 0 Å². The van der Waals surface area contributed by atoms with Crippen LogP contribution in [0, 0.1) is 5.82 Å². The normalized spacial score (nSPS) is 11.8. The van der Waals surface area contributed by atoms with Gasteiger partial charge in [-0.05, 0) is 53.3 Å². The Kier molecular flexibility index (Phi) is 7.11. The fourth-order valence-electron chi connectivity index (χ4n) is 4.24. The Labute approximate surface area is 239 Å². The smallest absolute Gasteiger partial charge is 0.416 e. The molecule has 0 aliphatic carbocycles. The molecule has 0 fully saturated rings. The van der Waals surface area contributed by atoms with Gasteiger partial charge in [0.1, 0.15) is 47.6 Å². The predicted molar refractivity (Wildman–Crippen MR) is 146 cm³/mol. The van der Waals surface area contributed by atoms with E-state index in [0.29, 0.717) is 61.5 Å². The van der Waals surface area contributed by atoms with Crippen molar-refractivity contribution in [2.45, 2.75) is 19.4 Å². The molecule has 6 aromatic rings. The largest absolute Gasteiger partial charge is 0.496 e. The summed E-state index contributed by atoms with van der Waals surface area (Å²) in [7, 11) is 3.07. The molecule has 3 aromatic heterocycles. The molecular formula is C29H21F4N3O5S. The Balaban J connectivity index is 1.20. The Bertz CT molecular complexity index is 1860. The van der Waals surface area contributed by atoms with E-state index in [9.17, 15) is 17.6 Å². The first-order valence-electron chi connectivity index (χ1n) is 12.4. The van der Waals surface area contributed by atoms with Gasteiger partial charge in [0, 0.05) is 17.7 Å². The number of nitrogens with zero attached hydrogens (tertiary/aromatic N) is 3. The fourth-order valence-corrected chi connectivity index (χ4v) is 4.94. The van der Waals surface area contributed by atoms with Gasteiger partial charge in [0.05, 0.1) is 31.4 Å². The summed E-state index contributed by atoms with van der Waals surface area (Å²) >= 11 is 1.30. The maximum Gasteiger partial charge on any atom is 0.416 e. The molecule has 0 aliphatic heterocycles. The van der Waals surface area contributed by atoms with Crippen molar-refractivity contribution in [3.8, 4) is 33.9 Å². The van der Waals surface area contributed by atoms with Crippen LogP contribution < -0.4 is 18.9 Å². The highest BCUT2D eigenvalue weighted by atomic mass is 32.1. The molecule has 3 aromatic carbocycles. The molecule has 0 N–H and O–H groups in total. The first kappa shape index (κ1) is 27.4. The van der Waals surface area contributed by atoms with E-state index >= 15 is 0 Å². The molecule has 42 heavy (non-hydrogen) atoms. The van der Waals surface area contributed by atoms with Crippen LogP contribution in [-0.4, -0.2) is 28.8 Å². The second kappa shape index (κ2) is 10.9. The van der Waals surface area contributed by atoms with Gasteiger partial charge in [-0.25, -0.2) is 13.9 Å². The van der Waals surface area contributed by atoms with Crippen LogP contribution in [0.4, 0.5) is 17.6 Å². The average molecular weight is 600 g/mol. The summed E-state index contributed by atoms with van der Waals surface area (Å²) in [5, 5.41) is 5.47. The third-order valence-corrected chi connectivity index (χ3v) is 7.20. The molecule has 0 saturated carbocycles. The molecule has 0 bridgehead atoms. The Hall–Kier alpha value is -4.78. The number of furan rings is 1. The van der Waals surface area contributed by atoms with E-state index in [1.54, 1.807) is 54.2 Å². The van der Waals surface area contributed by atoms with Crippen LogP contribution in [0.25, 0.3) is 27.4 Å². The summed E-state index contributed by atoms with van der Waals surface area (Å²) in [4.78, 5) is 5.21. The van der Waals surface area contributed by atoms with Crippen molar-refractivity contribution in [2.75, 3.05) is 14.2 Å². The first-order valence-corrected chi connectivity index (χ1v) is 13.2. The molecule has 0 aliphatic rings. The molecule has 0 amide bonds. The second-order valence-electron chi connectivity index (χ2n) is 9.10. The van der Waals surface area contributed by atoms with Gasteiger partial charge < -0.3 is 23.4 Å². The van der Waals surface area contributed by atoms with E-state index in [-0.39, 0.29) is 18.8 Å². The number of alkyl halides is 3. The number of imidazole rings is 1. The van der Waals surface area contributed by atoms with E-state index in [0.717, 1.165) is 12.1 Å². The molecule has 3 heterocycles. The van der Waals surface area contributed by atoms with E-state index in [1.165, 1.54) is 18.4 Å². The molecule has 0 spiro atoms. The number of hydrogen-bond acceptors (Lipinski definition) is 8. The Morgan fingerprint density at radius 3 is 2.55 bits per heavy atom. The summed E-state index contributed by atoms with van der Waals surface area (Å²) in [6.07, 6.45) is -2.85. The summed E-state index contributed by atoms with van der Waals surface area (Å²) in [6.45, 7) is -0.246. The van der Waals surface area contributed by atoms with Gasteiger partial charge in [0.2, 0.25) is 4.96 Å². The third kappa shape index (κ3) is 5.55. The Morgan fingerprint density at radius 1 is 0.929 bits per heavy atom. The van der Waals surface area contributed by atoms with Gasteiger partial charge in [0.15, 0.2) is 5.76 Å². The van der Waals surface area contributed by atoms with Crippen LogP contribution in [0.5, 0.6) is 22.4 Å². The second-order valence-corrected chi connectivity index (χ2v) is 10.0. The zero-order valence-electron chi connectivity index (χ0n) is 22.1. The molecule has 0 unspecified atom stereocenters. The molecule has 216 valence electrons. The van der Waals surface area contributed by atoms with Crippen molar-refractivity contribution < 1.29 is 40.9 Å². The minimum atomic E-state index is -4.58. The highest BCUT2D eigenvalue weighted by molar-refractivity contribution is 7.18. The van der Waals surface area contributed by atoms with Crippen molar-refractivity contribution in [3.05, 3.63) is 89.4 Å². The van der Waals surface area contributed by atoms with Crippen LogP contribution >= 0.6 is 11.3 Å². The number of benzene rings is 3. The van der Waals surface area contributed by atoms with Gasteiger partial charge in [-0.15, -0.1) is 5.10 Å². The lowest BCUT2D eigenvalue weighted by atomic mass is 10.1. The van der Waals surface area contributed by atoms with Crippen LogP contribution in [0.1, 0.15) is 16.7 Å². The van der Waals surface area contributed by atoms with Gasteiger partial charge in [-0.2, -0.15) is 13.2 Å². The van der Waals surface area contributed by atoms with Crippen molar-refractivity contribution >= 4 is 27.3 Å². The zero-order chi connectivity index (χ0) is 29.4. The summed E-state index contributed by atoms with van der Waals surface area (Å²) in [6, 6.07) is 14.3. The maximum atomic E-state index is 14.1. The standard InChI is InChI=1S/C29H21F4N3O5S/c1-37-20-10-24(21-12-26(41-25(21)11-20)23-13-36-27(34-23)42-28(35-36)38-2)40-14-16-4-3-5-19(8-16)39-15-17-9-18(29(31,32)33)6-7-22(17)30/h3-13H,14-15H2,1-2H3. The quantitative estimate of drug-likeness (QED) is 0.159. The van der Waals surface area contributed by atoms with E-state index in [2.05, 4.69) is 10.1 Å². The molecule has 8 nitrogen and oxygen atoms in total. The third-order valence-electron chi connectivity index (χ3n) is 6.32. The molecule has 0 saturated heterocycles. The zero-order valence-corrected chi connectivity index (χ0v) is 22.9.